The number of hydrogen-bond donors (Lipinski definition) is 2. The zero-order valence-corrected chi connectivity index (χ0v) is 14.2. The second kappa shape index (κ2) is 10.7. The molecule has 1 aliphatic heterocycles. The molecule has 1 aromatic carbocycles. The van der Waals surface area contributed by atoms with Crippen molar-refractivity contribution >= 4 is 12.1 Å². The van der Waals surface area contributed by atoms with Crippen molar-refractivity contribution in [1.82, 2.24) is 15.3 Å². The summed E-state index contributed by atoms with van der Waals surface area (Å²) < 4.78 is 10.5. The molecule has 1 aromatic rings. The maximum atomic E-state index is 11.8. The first-order valence-electron chi connectivity index (χ1n) is 8.37. The minimum atomic E-state index is -0.848. The lowest BCUT2D eigenvalue weighted by molar-refractivity contribution is -0.138. The first-order valence-corrected chi connectivity index (χ1v) is 8.37. The number of benzene rings is 1. The van der Waals surface area contributed by atoms with Crippen LogP contribution in [0.1, 0.15) is 12.0 Å². The van der Waals surface area contributed by atoms with Crippen LogP contribution in [0.15, 0.2) is 30.3 Å². The lowest BCUT2D eigenvalue weighted by Gasteiger charge is -2.34. The monoisotopic (exact) mass is 351 g/mol. The van der Waals surface area contributed by atoms with Crippen LogP contribution in [-0.2, 0) is 20.9 Å². The van der Waals surface area contributed by atoms with E-state index in [1.807, 2.05) is 35.3 Å². The van der Waals surface area contributed by atoms with Crippen molar-refractivity contribution in [3.05, 3.63) is 35.9 Å². The van der Waals surface area contributed by atoms with Crippen LogP contribution >= 0.6 is 0 Å². The molecule has 0 bridgehead atoms. The van der Waals surface area contributed by atoms with E-state index in [-0.39, 0.29) is 19.6 Å². The van der Waals surface area contributed by atoms with Crippen molar-refractivity contribution in [2.45, 2.75) is 13.0 Å². The Bertz CT molecular complexity index is 532. The van der Waals surface area contributed by atoms with Gasteiger partial charge in [-0.1, -0.05) is 30.3 Å². The number of carboxylic acid groups (broad SMARTS) is 1. The summed E-state index contributed by atoms with van der Waals surface area (Å²) >= 11 is 0. The van der Waals surface area contributed by atoms with Gasteiger partial charge in [0.25, 0.3) is 0 Å². The van der Waals surface area contributed by atoms with Gasteiger partial charge in [-0.3, -0.25) is 15.1 Å². The van der Waals surface area contributed by atoms with Crippen LogP contribution in [0.25, 0.3) is 0 Å². The van der Waals surface area contributed by atoms with Gasteiger partial charge in [-0.05, 0) is 5.56 Å². The van der Waals surface area contributed by atoms with Crippen molar-refractivity contribution in [2.24, 2.45) is 0 Å². The van der Waals surface area contributed by atoms with Crippen molar-refractivity contribution in [1.29, 1.82) is 0 Å². The molecule has 0 atom stereocenters. The summed E-state index contributed by atoms with van der Waals surface area (Å²) in [5.41, 5.74) is 3.70. The number of aliphatic carboxylic acids is 1. The number of carboxylic acids is 1. The Morgan fingerprint density at radius 3 is 2.48 bits per heavy atom. The van der Waals surface area contributed by atoms with E-state index in [1.165, 1.54) is 0 Å². The maximum Gasteiger partial charge on any atom is 0.422 e. The molecule has 25 heavy (non-hydrogen) atoms. The topological polar surface area (TPSA) is 91.3 Å². The van der Waals surface area contributed by atoms with Gasteiger partial charge in [-0.2, -0.15) is 0 Å². The number of nitrogens with zero attached hydrogens (tertiary/aromatic N) is 2. The van der Waals surface area contributed by atoms with Crippen LogP contribution in [0, 0.1) is 0 Å². The number of carbonyl (C=O) groups is 2. The molecule has 1 aliphatic rings. The smallest absolute Gasteiger partial charge is 0.422 e. The summed E-state index contributed by atoms with van der Waals surface area (Å²) in [6.07, 6.45) is -0.419. The van der Waals surface area contributed by atoms with Gasteiger partial charge in [0.2, 0.25) is 0 Å². The molecule has 1 saturated heterocycles. The van der Waals surface area contributed by atoms with Crippen LogP contribution in [0.5, 0.6) is 0 Å². The van der Waals surface area contributed by atoms with E-state index in [2.05, 4.69) is 10.3 Å². The summed E-state index contributed by atoms with van der Waals surface area (Å²) in [4.78, 5) is 24.4. The van der Waals surface area contributed by atoms with E-state index in [0.29, 0.717) is 19.7 Å². The van der Waals surface area contributed by atoms with Gasteiger partial charge in [-0.25, -0.2) is 9.80 Å². The summed E-state index contributed by atoms with van der Waals surface area (Å²) in [5, 5.41) is 10.4. The highest BCUT2D eigenvalue weighted by Crippen LogP contribution is 2.02. The van der Waals surface area contributed by atoms with Crippen LogP contribution in [0.2, 0.25) is 0 Å². The molecule has 8 nitrogen and oxygen atoms in total. The number of hydrazine groups is 1. The molecule has 2 rings (SSSR count). The first-order chi connectivity index (χ1) is 12.1. The Morgan fingerprint density at radius 2 is 1.80 bits per heavy atom. The van der Waals surface area contributed by atoms with E-state index in [1.54, 1.807) is 0 Å². The van der Waals surface area contributed by atoms with E-state index in [4.69, 9.17) is 14.6 Å². The lowest BCUT2D eigenvalue weighted by Crippen LogP contribution is -2.54. The molecule has 1 heterocycles. The first kappa shape index (κ1) is 19.2. The van der Waals surface area contributed by atoms with Crippen LogP contribution in [-0.4, -0.2) is 73.0 Å². The molecule has 0 aliphatic carbocycles. The highest BCUT2D eigenvalue weighted by molar-refractivity contribution is 5.66. The third-order valence-corrected chi connectivity index (χ3v) is 3.85. The highest BCUT2D eigenvalue weighted by atomic mass is 16.6. The lowest BCUT2D eigenvalue weighted by atomic mass is 10.2. The Balaban J connectivity index is 1.54. The molecule has 1 amide bonds. The quantitative estimate of drug-likeness (QED) is 0.640. The molecule has 1 fully saturated rings. The zero-order chi connectivity index (χ0) is 17.9. The molecule has 0 saturated carbocycles. The highest BCUT2D eigenvalue weighted by Gasteiger charge is 2.18. The summed E-state index contributed by atoms with van der Waals surface area (Å²) in [7, 11) is 0. The third kappa shape index (κ3) is 7.97. The van der Waals surface area contributed by atoms with Crippen molar-refractivity contribution in [3.8, 4) is 0 Å². The average molecular weight is 351 g/mol. The minimum absolute atomic E-state index is 0.0305. The minimum Gasteiger partial charge on any atom is -0.481 e. The third-order valence-electron chi connectivity index (χ3n) is 3.85. The van der Waals surface area contributed by atoms with Gasteiger partial charge < -0.3 is 14.6 Å². The molecule has 8 heteroatoms. The molecule has 0 spiro atoms. The zero-order valence-electron chi connectivity index (χ0n) is 14.2. The second-order valence-electron chi connectivity index (χ2n) is 5.76. The SMILES string of the molecule is O=C(O)CCOCCN1CCN(NC(=O)OCc2ccccc2)CC1. The Kier molecular flexibility index (Phi) is 8.17. The van der Waals surface area contributed by atoms with Gasteiger partial charge >= 0.3 is 12.1 Å². The van der Waals surface area contributed by atoms with Crippen LogP contribution in [0.4, 0.5) is 4.79 Å². The van der Waals surface area contributed by atoms with Crippen molar-refractivity contribution in [2.75, 3.05) is 45.9 Å². The van der Waals surface area contributed by atoms with Crippen LogP contribution in [0.3, 0.4) is 0 Å². The standard InChI is InChI=1S/C17H25N3O5/c21-16(22)6-12-24-13-11-19-7-9-20(10-8-19)18-17(23)25-14-15-4-2-1-3-5-15/h1-5H,6-14H2,(H,18,23)(H,21,22). The maximum absolute atomic E-state index is 11.8. The normalized spacial score (nSPS) is 15.7. The van der Waals surface area contributed by atoms with Gasteiger partial charge in [-0.15, -0.1) is 0 Å². The van der Waals surface area contributed by atoms with E-state index in [9.17, 15) is 9.59 Å². The number of ether oxygens (including phenoxy) is 2. The van der Waals surface area contributed by atoms with Gasteiger partial charge in [0.05, 0.1) is 19.6 Å². The number of amides is 1. The van der Waals surface area contributed by atoms with Gasteiger partial charge in [0, 0.05) is 32.7 Å². The molecule has 138 valence electrons. The molecule has 0 radical (unpaired) electrons. The largest absolute Gasteiger partial charge is 0.481 e. The fourth-order valence-electron chi connectivity index (χ4n) is 2.42. The number of carbonyl (C=O) groups excluding carboxylic acids is 1. The average Bonchev–Trinajstić information content (AvgIpc) is 2.62. The van der Waals surface area contributed by atoms with Gasteiger partial charge in [0.1, 0.15) is 6.61 Å². The number of hydrogen-bond acceptors (Lipinski definition) is 6. The molecule has 0 aromatic heterocycles. The molecular formula is C17H25N3O5. The number of rotatable bonds is 9. The van der Waals surface area contributed by atoms with Crippen molar-refractivity contribution in [3.63, 3.8) is 0 Å². The fraction of sp³-hybridized carbons (Fsp3) is 0.529. The van der Waals surface area contributed by atoms with E-state index in [0.717, 1.165) is 25.2 Å². The molecular weight excluding hydrogens is 326 g/mol. The second-order valence-corrected chi connectivity index (χ2v) is 5.76. The van der Waals surface area contributed by atoms with E-state index < -0.39 is 12.1 Å². The predicted molar refractivity (Wildman–Crippen MR) is 90.8 cm³/mol. The number of piperazine rings is 1. The van der Waals surface area contributed by atoms with Crippen molar-refractivity contribution < 1.29 is 24.2 Å². The Labute approximate surface area is 147 Å². The molecule has 2 N–H and O–H groups in total. The summed E-state index contributed by atoms with van der Waals surface area (Å²) in [6.45, 7) is 4.78. The summed E-state index contributed by atoms with van der Waals surface area (Å²) in [5.74, 6) is -0.848. The van der Waals surface area contributed by atoms with E-state index >= 15 is 0 Å². The number of nitrogens with one attached hydrogen (secondary N) is 1. The van der Waals surface area contributed by atoms with Crippen LogP contribution < -0.4 is 5.43 Å². The Hall–Kier alpha value is -2.16. The summed E-state index contributed by atoms with van der Waals surface area (Å²) in [6, 6.07) is 9.54. The fourth-order valence-corrected chi connectivity index (χ4v) is 2.42. The molecule has 0 unspecified atom stereocenters. The predicted octanol–water partition coefficient (Wildman–Crippen LogP) is 0.937. The van der Waals surface area contributed by atoms with Gasteiger partial charge in [0.15, 0.2) is 0 Å². The Morgan fingerprint density at radius 1 is 1.08 bits per heavy atom.